The number of carbonyl (C=O) groups is 1. The second-order valence-electron chi connectivity index (χ2n) is 12.6. The lowest BCUT2D eigenvalue weighted by molar-refractivity contribution is -0.128. The van der Waals surface area contributed by atoms with Crippen LogP contribution in [-0.4, -0.2) is 82.4 Å². The van der Waals surface area contributed by atoms with Gasteiger partial charge < -0.3 is 14.6 Å². The molecule has 0 spiro atoms. The third-order valence-corrected chi connectivity index (χ3v) is 10.6. The van der Waals surface area contributed by atoms with E-state index in [1.54, 1.807) is 26.8 Å². The second-order valence-corrected chi connectivity index (χ2v) is 14.9. The van der Waals surface area contributed by atoms with Gasteiger partial charge in [-0.05, 0) is 55.2 Å². The van der Waals surface area contributed by atoms with Gasteiger partial charge in [0, 0.05) is 48.4 Å². The highest BCUT2D eigenvalue weighted by Gasteiger charge is 2.36. The molecular weight excluding hydrogens is 664 g/mol. The first-order valence-electron chi connectivity index (χ1n) is 15.7. The first-order valence-corrected chi connectivity index (χ1v) is 18.0. The van der Waals surface area contributed by atoms with E-state index in [-0.39, 0.29) is 70.0 Å². The summed E-state index contributed by atoms with van der Waals surface area (Å²) in [5, 5.41) is 8.00. The molecule has 14 heteroatoms. The molecule has 0 unspecified atom stereocenters. The molecule has 4 aromatic heterocycles. The number of fused-ring (bicyclic) bond motifs is 2. The number of nitrogens with one attached hydrogen (secondary N) is 1. The van der Waals surface area contributed by atoms with E-state index < -0.39 is 21.7 Å². The summed E-state index contributed by atoms with van der Waals surface area (Å²) in [7, 11) is -4.06. The number of amides is 1. The molecule has 49 heavy (non-hydrogen) atoms. The number of rotatable bonds is 7. The number of carbonyl (C=O) groups excluding carboxylic acids is 1. The summed E-state index contributed by atoms with van der Waals surface area (Å²) in [6, 6.07) is 6.27. The van der Waals surface area contributed by atoms with Crippen molar-refractivity contribution in [3.05, 3.63) is 88.0 Å². The monoisotopic (exact) mass is 698 g/mol. The summed E-state index contributed by atoms with van der Waals surface area (Å²) < 4.78 is 46.0. The Morgan fingerprint density at radius 3 is 2.63 bits per heavy atom. The first kappa shape index (κ1) is 33.9. The molecule has 252 valence electrons. The quantitative estimate of drug-likeness (QED) is 0.123. The van der Waals surface area contributed by atoms with E-state index in [0.29, 0.717) is 27.8 Å². The summed E-state index contributed by atoms with van der Waals surface area (Å²) in [6.45, 7) is 19.3. The minimum absolute atomic E-state index is 0.0207. The standard InChI is InChI=1S/C35H35FN8O3S2/c1-8-27(45)43-14-13-42(18-22(43)16-37-6)32-23-15-25(36)30(28-20(4)9-10-26-24(28)17-39-41-26)40-34(23)44(35(48)33(32)49(7,46)47)31-21(5)11-12-38-29(31)19(2)3/h8-12,15,17,19,22H,1,13-14,16,18H2,2-5,7H3,(H,39,41)/t22-/m0/s1. The average Bonchev–Trinajstić information content (AvgIpc) is 3.53. The number of sulfone groups is 1. The fourth-order valence-electron chi connectivity index (χ4n) is 6.73. The minimum Gasteiger partial charge on any atom is -0.366 e. The molecule has 1 aromatic carbocycles. The molecule has 1 atom stereocenters. The van der Waals surface area contributed by atoms with Crippen molar-refractivity contribution in [1.82, 2.24) is 29.6 Å². The topological polar surface area (TPSA) is 121 Å². The summed E-state index contributed by atoms with van der Waals surface area (Å²) in [4.78, 5) is 29.1. The Morgan fingerprint density at radius 2 is 1.96 bits per heavy atom. The summed E-state index contributed by atoms with van der Waals surface area (Å²) >= 11 is 6.11. The fourth-order valence-corrected chi connectivity index (χ4v) is 8.46. The van der Waals surface area contributed by atoms with Crippen molar-refractivity contribution >= 4 is 55.6 Å². The molecule has 1 N–H and O–H groups in total. The number of H-pyrrole nitrogens is 1. The maximum absolute atomic E-state index is 16.7. The van der Waals surface area contributed by atoms with Crippen molar-refractivity contribution in [3.63, 3.8) is 0 Å². The van der Waals surface area contributed by atoms with Gasteiger partial charge in [0.1, 0.15) is 32.7 Å². The number of aryl methyl sites for hydroxylation is 2. The number of pyridine rings is 3. The Bertz CT molecular complexity index is 2390. The first-order chi connectivity index (χ1) is 23.3. The molecule has 1 aliphatic rings. The van der Waals surface area contributed by atoms with Gasteiger partial charge in [-0.1, -0.05) is 38.7 Å². The summed E-state index contributed by atoms with van der Waals surface area (Å²) in [6.07, 6.45) is 5.58. The van der Waals surface area contributed by atoms with Crippen LogP contribution in [0.2, 0.25) is 0 Å². The van der Waals surface area contributed by atoms with E-state index in [9.17, 15) is 13.2 Å². The van der Waals surface area contributed by atoms with Gasteiger partial charge in [0.05, 0.1) is 28.8 Å². The van der Waals surface area contributed by atoms with E-state index >= 15 is 4.39 Å². The van der Waals surface area contributed by atoms with Crippen molar-refractivity contribution < 1.29 is 17.6 Å². The van der Waals surface area contributed by atoms with E-state index in [1.165, 1.54) is 12.1 Å². The molecule has 6 rings (SSSR count). The van der Waals surface area contributed by atoms with E-state index in [0.717, 1.165) is 17.4 Å². The number of anilines is 1. The van der Waals surface area contributed by atoms with Gasteiger partial charge in [0.15, 0.2) is 9.84 Å². The molecule has 0 aliphatic carbocycles. The van der Waals surface area contributed by atoms with E-state index in [1.807, 2.05) is 45.9 Å². The largest absolute Gasteiger partial charge is 0.366 e. The van der Waals surface area contributed by atoms with Crippen LogP contribution >= 0.6 is 12.2 Å². The molecule has 1 saturated heterocycles. The number of piperazine rings is 1. The van der Waals surface area contributed by atoms with Crippen LogP contribution in [0.4, 0.5) is 10.1 Å². The van der Waals surface area contributed by atoms with Crippen LogP contribution in [0.1, 0.15) is 36.6 Å². The number of hydrogen-bond donors (Lipinski definition) is 1. The van der Waals surface area contributed by atoms with Crippen LogP contribution < -0.4 is 4.90 Å². The zero-order chi connectivity index (χ0) is 35.4. The number of benzene rings is 1. The van der Waals surface area contributed by atoms with Gasteiger partial charge in [0.25, 0.3) is 0 Å². The smallest absolute Gasteiger partial charge is 0.246 e. The van der Waals surface area contributed by atoms with Gasteiger partial charge in [-0.2, -0.15) is 5.10 Å². The lowest BCUT2D eigenvalue weighted by Crippen LogP contribution is -2.56. The van der Waals surface area contributed by atoms with Crippen molar-refractivity contribution in [2.75, 3.05) is 37.3 Å². The molecule has 5 heterocycles. The van der Waals surface area contributed by atoms with Crippen LogP contribution in [0.25, 0.3) is 43.7 Å². The maximum atomic E-state index is 16.7. The zero-order valence-corrected chi connectivity index (χ0v) is 29.4. The summed E-state index contributed by atoms with van der Waals surface area (Å²) in [5.41, 5.74) is 4.50. The highest BCUT2D eigenvalue weighted by atomic mass is 32.2. The lowest BCUT2D eigenvalue weighted by atomic mass is 9.99. The Balaban J connectivity index is 1.77. The van der Waals surface area contributed by atoms with Gasteiger partial charge in [-0.15, -0.1) is 0 Å². The van der Waals surface area contributed by atoms with Crippen molar-refractivity contribution in [3.8, 4) is 16.9 Å². The molecule has 1 fully saturated rings. The van der Waals surface area contributed by atoms with Crippen molar-refractivity contribution in [1.29, 1.82) is 0 Å². The molecule has 0 radical (unpaired) electrons. The highest BCUT2D eigenvalue weighted by Crippen LogP contribution is 2.41. The van der Waals surface area contributed by atoms with Crippen LogP contribution in [0, 0.1) is 30.9 Å². The number of nitrogens with zero attached hydrogens (tertiary/aromatic N) is 7. The highest BCUT2D eigenvalue weighted by molar-refractivity contribution is 7.91. The number of aromatic nitrogens is 5. The number of halogens is 1. The van der Waals surface area contributed by atoms with Crippen molar-refractivity contribution in [2.45, 2.75) is 44.6 Å². The third kappa shape index (κ3) is 5.76. The normalized spacial score (nSPS) is 15.3. The molecule has 0 saturated carbocycles. The molecule has 11 nitrogen and oxygen atoms in total. The fraction of sp³-hybridized carbons (Fsp3) is 0.314. The van der Waals surface area contributed by atoms with Gasteiger partial charge in [-0.25, -0.2) is 24.4 Å². The molecule has 1 aliphatic heterocycles. The van der Waals surface area contributed by atoms with Gasteiger partial charge in [0.2, 0.25) is 12.5 Å². The summed E-state index contributed by atoms with van der Waals surface area (Å²) in [5.74, 6) is -1.08. The molecular formula is C35H35FN8O3S2. The number of aromatic amines is 1. The van der Waals surface area contributed by atoms with Gasteiger partial charge in [-0.3, -0.25) is 19.4 Å². The molecule has 5 aromatic rings. The Hall–Kier alpha value is -5.00. The van der Waals surface area contributed by atoms with Crippen molar-refractivity contribution in [2.24, 2.45) is 0 Å². The predicted octanol–water partition coefficient (Wildman–Crippen LogP) is 6.10. The Kier molecular flexibility index (Phi) is 8.85. The van der Waals surface area contributed by atoms with Crippen LogP contribution in [-0.2, 0) is 14.6 Å². The van der Waals surface area contributed by atoms with Gasteiger partial charge >= 0.3 is 0 Å². The average molecular weight is 699 g/mol. The SMILES string of the molecule is [C-]#[N+]C[C@H]1CN(c2c(S(C)(=O)=O)c(=S)n(-c3c(C)ccnc3C(C)C)c3nc(-c4c(C)ccc5[nH]ncc45)c(F)cc23)CCN1C(=O)C=C. The van der Waals surface area contributed by atoms with E-state index in [4.69, 9.17) is 23.8 Å². The maximum Gasteiger partial charge on any atom is 0.246 e. The lowest BCUT2D eigenvalue weighted by Gasteiger charge is -2.41. The third-order valence-electron chi connectivity index (χ3n) is 8.96. The van der Waals surface area contributed by atoms with E-state index in [2.05, 4.69) is 26.6 Å². The second kappa shape index (κ2) is 12.8. The minimum atomic E-state index is -4.06. The van der Waals surface area contributed by atoms with Crippen LogP contribution in [0.5, 0.6) is 0 Å². The van der Waals surface area contributed by atoms with Crippen LogP contribution in [0.15, 0.2) is 54.2 Å². The predicted molar refractivity (Wildman–Crippen MR) is 191 cm³/mol. The Morgan fingerprint density at radius 1 is 1.20 bits per heavy atom. The Labute approximate surface area is 288 Å². The number of hydrogen-bond acceptors (Lipinski definition) is 8. The zero-order valence-electron chi connectivity index (χ0n) is 27.8. The van der Waals surface area contributed by atoms with Crippen LogP contribution in [0.3, 0.4) is 0 Å². The molecule has 1 amide bonds. The molecule has 0 bridgehead atoms.